The number of thiophene rings is 1. The standard InChI is InChI=1S/C17H14F2N4O4S/c1-9-13(15(24)20-12-7-8-28-14(12)16(25)26-2)21-22-23(9)10-3-5-11(6-4-10)27-17(18)19/h3-8,17H,1-2H3,(H,20,24). The number of carbonyl (C=O) groups is 2. The van der Waals surface area contributed by atoms with Crippen LogP contribution in [0.25, 0.3) is 5.69 Å². The number of methoxy groups -OCH3 is 1. The van der Waals surface area contributed by atoms with E-state index in [4.69, 9.17) is 0 Å². The molecule has 0 spiro atoms. The molecule has 0 aliphatic carbocycles. The Kier molecular flexibility index (Phi) is 5.64. The molecule has 1 amide bonds. The molecule has 2 aromatic heterocycles. The number of halogens is 2. The summed E-state index contributed by atoms with van der Waals surface area (Å²) >= 11 is 1.14. The average Bonchev–Trinajstić information content (AvgIpc) is 3.28. The van der Waals surface area contributed by atoms with Crippen LogP contribution in [0.3, 0.4) is 0 Å². The highest BCUT2D eigenvalue weighted by Gasteiger charge is 2.21. The quantitative estimate of drug-likeness (QED) is 0.629. The second-order valence-electron chi connectivity index (χ2n) is 5.42. The summed E-state index contributed by atoms with van der Waals surface area (Å²) in [6, 6.07) is 7.31. The third kappa shape index (κ3) is 3.98. The van der Waals surface area contributed by atoms with Crippen molar-refractivity contribution in [3.05, 3.63) is 52.0 Å². The Morgan fingerprint density at radius 2 is 1.93 bits per heavy atom. The maximum absolute atomic E-state index is 12.5. The highest BCUT2D eigenvalue weighted by Crippen LogP contribution is 2.24. The first-order valence-electron chi connectivity index (χ1n) is 7.85. The lowest BCUT2D eigenvalue weighted by Gasteiger charge is -2.07. The van der Waals surface area contributed by atoms with Crippen LogP contribution in [0.15, 0.2) is 35.7 Å². The minimum Gasteiger partial charge on any atom is -0.465 e. The van der Waals surface area contributed by atoms with Gasteiger partial charge in [-0.25, -0.2) is 9.48 Å². The molecule has 3 rings (SSSR count). The summed E-state index contributed by atoms with van der Waals surface area (Å²) in [5.41, 5.74) is 1.30. The normalized spacial score (nSPS) is 10.8. The Hall–Kier alpha value is -3.34. The van der Waals surface area contributed by atoms with E-state index in [9.17, 15) is 18.4 Å². The predicted molar refractivity (Wildman–Crippen MR) is 96.3 cm³/mol. The van der Waals surface area contributed by atoms with Gasteiger partial charge in [-0.2, -0.15) is 8.78 Å². The lowest BCUT2D eigenvalue weighted by molar-refractivity contribution is -0.0498. The van der Waals surface area contributed by atoms with E-state index in [0.717, 1.165) is 11.3 Å². The maximum atomic E-state index is 12.5. The smallest absolute Gasteiger partial charge is 0.387 e. The van der Waals surface area contributed by atoms with Gasteiger partial charge in [-0.05, 0) is 42.6 Å². The Morgan fingerprint density at radius 3 is 2.57 bits per heavy atom. The van der Waals surface area contributed by atoms with Gasteiger partial charge in [0.1, 0.15) is 10.6 Å². The molecule has 0 saturated carbocycles. The van der Waals surface area contributed by atoms with Crippen molar-refractivity contribution in [3.8, 4) is 11.4 Å². The van der Waals surface area contributed by atoms with Crippen LogP contribution in [0, 0.1) is 6.92 Å². The van der Waals surface area contributed by atoms with Gasteiger partial charge in [0.15, 0.2) is 5.69 Å². The second-order valence-corrected chi connectivity index (χ2v) is 6.33. The van der Waals surface area contributed by atoms with Crippen molar-refractivity contribution in [3.63, 3.8) is 0 Å². The van der Waals surface area contributed by atoms with Crippen LogP contribution < -0.4 is 10.1 Å². The topological polar surface area (TPSA) is 95.3 Å². The summed E-state index contributed by atoms with van der Waals surface area (Å²) in [6.07, 6.45) is 0. The monoisotopic (exact) mass is 408 g/mol. The van der Waals surface area contributed by atoms with Gasteiger partial charge in [0.05, 0.1) is 24.2 Å². The Bertz CT molecular complexity index is 1000. The van der Waals surface area contributed by atoms with Gasteiger partial charge in [-0.3, -0.25) is 4.79 Å². The molecule has 11 heteroatoms. The molecular formula is C17H14F2N4O4S. The minimum atomic E-state index is -2.92. The highest BCUT2D eigenvalue weighted by atomic mass is 32.1. The molecular weight excluding hydrogens is 394 g/mol. The van der Waals surface area contributed by atoms with Gasteiger partial charge in [0, 0.05) is 0 Å². The van der Waals surface area contributed by atoms with E-state index in [0.29, 0.717) is 17.1 Å². The molecule has 0 fully saturated rings. The molecule has 2 heterocycles. The first-order valence-corrected chi connectivity index (χ1v) is 8.73. The molecule has 0 bridgehead atoms. The second kappa shape index (κ2) is 8.13. The van der Waals surface area contributed by atoms with Gasteiger partial charge in [0.2, 0.25) is 0 Å². The van der Waals surface area contributed by atoms with Crippen molar-refractivity contribution >= 4 is 28.9 Å². The predicted octanol–water partition coefficient (Wildman–Crippen LogP) is 3.28. The van der Waals surface area contributed by atoms with Crippen LogP contribution >= 0.6 is 11.3 Å². The highest BCUT2D eigenvalue weighted by molar-refractivity contribution is 7.12. The van der Waals surface area contributed by atoms with Crippen LogP contribution in [0.5, 0.6) is 5.75 Å². The molecule has 0 saturated heterocycles. The number of anilines is 1. The van der Waals surface area contributed by atoms with Crippen LogP contribution in [-0.2, 0) is 4.74 Å². The molecule has 0 atom stereocenters. The number of rotatable bonds is 6. The number of benzene rings is 1. The number of amides is 1. The summed E-state index contributed by atoms with van der Waals surface area (Å²) in [7, 11) is 1.25. The molecule has 146 valence electrons. The number of esters is 1. The number of aromatic nitrogens is 3. The van der Waals surface area contributed by atoms with Gasteiger partial charge < -0.3 is 14.8 Å². The number of carbonyl (C=O) groups excluding carboxylic acids is 2. The zero-order valence-electron chi connectivity index (χ0n) is 14.7. The third-order valence-corrected chi connectivity index (χ3v) is 4.59. The SMILES string of the molecule is COC(=O)c1sccc1NC(=O)c1nnn(-c2ccc(OC(F)F)cc2)c1C. The zero-order valence-corrected chi connectivity index (χ0v) is 15.5. The number of hydrogen-bond acceptors (Lipinski definition) is 7. The van der Waals surface area contributed by atoms with Gasteiger partial charge in [-0.1, -0.05) is 5.21 Å². The van der Waals surface area contributed by atoms with Crippen LogP contribution in [0.2, 0.25) is 0 Å². The van der Waals surface area contributed by atoms with Crippen molar-refractivity contribution in [2.75, 3.05) is 12.4 Å². The first kappa shape index (κ1) is 19.4. The minimum absolute atomic E-state index is 0.00211. The first-order chi connectivity index (χ1) is 13.4. The number of alkyl halides is 2. The van der Waals surface area contributed by atoms with Crippen molar-refractivity contribution in [2.45, 2.75) is 13.5 Å². The van der Waals surface area contributed by atoms with E-state index in [1.807, 2.05) is 0 Å². The van der Waals surface area contributed by atoms with Crippen molar-refractivity contribution in [1.82, 2.24) is 15.0 Å². The number of nitrogens with zero attached hydrogens (tertiary/aromatic N) is 3. The van der Waals surface area contributed by atoms with Crippen molar-refractivity contribution < 1.29 is 27.8 Å². The summed E-state index contributed by atoms with van der Waals surface area (Å²) < 4.78 is 34.8. The van der Waals surface area contributed by atoms with E-state index >= 15 is 0 Å². The van der Waals surface area contributed by atoms with E-state index in [2.05, 4.69) is 25.1 Å². The molecule has 8 nitrogen and oxygen atoms in total. The third-order valence-electron chi connectivity index (χ3n) is 3.70. The van der Waals surface area contributed by atoms with Crippen LogP contribution in [-0.4, -0.2) is 40.6 Å². The number of hydrogen-bond donors (Lipinski definition) is 1. The Labute approximate surface area is 161 Å². The van der Waals surface area contributed by atoms with Gasteiger partial charge in [0.25, 0.3) is 5.91 Å². The Morgan fingerprint density at radius 1 is 1.21 bits per heavy atom. The summed E-state index contributed by atoms with van der Waals surface area (Å²) in [6.45, 7) is -1.28. The van der Waals surface area contributed by atoms with Crippen molar-refractivity contribution in [2.24, 2.45) is 0 Å². The van der Waals surface area contributed by atoms with E-state index < -0.39 is 18.5 Å². The van der Waals surface area contributed by atoms with Crippen LogP contribution in [0.1, 0.15) is 25.9 Å². The Balaban J connectivity index is 1.80. The molecule has 0 unspecified atom stereocenters. The molecule has 0 aliphatic rings. The number of ether oxygens (including phenoxy) is 2. The fourth-order valence-electron chi connectivity index (χ4n) is 2.39. The van der Waals surface area contributed by atoms with E-state index in [-0.39, 0.29) is 16.3 Å². The largest absolute Gasteiger partial charge is 0.465 e. The van der Waals surface area contributed by atoms with E-state index in [1.54, 1.807) is 18.4 Å². The van der Waals surface area contributed by atoms with E-state index in [1.165, 1.54) is 36.1 Å². The van der Waals surface area contributed by atoms with Crippen LogP contribution in [0.4, 0.5) is 14.5 Å². The maximum Gasteiger partial charge on any atom is 0.387 e. The molecule has 0 radical (unpaired) electrons. The summed E-state index contributed by atoms with van der Waals surface area (Å²) in [5, 5.41) is 12.1. The zero-order chi connectivity index (χ0) is 20.3. The summed E-state index contributed by atoms with van der Waals surface area (Å²) in [4.78, 5) is 24.5. The number of nitrogens with one attached hydrogen (secondary N) is 1. The molecule has 1 aromatic carbocycles. The molecule has 3 aromatic rings. The molecule has 28 heavy (non-hydrogen) atoms. The molecule has 1 N–H and O–H groups in total. The van der Waals surface area contributed by atoms with Crippen molar-refractivity contribution in [1.29, 1.82) is 0 Å². The lowest BCUT2D eigenvalue weighted by atomic mass is 10.2. The summed E-state index contributed by atoms with van der Waals surface area (Å²) in [5.74, 6) is -1.11. The van der Waals surface area contributed by atoms with Gasteiger partial charge >= 0.3 is 12.6 Å². The lowest BCUT2D eigenvalue weighted by Crippen LogP contribution is -2.15. The average molecular weight is 408 g/mol. The fraction of sp³-hybridized carbons (Fsp3) is 0.176. The fourth-order valence-corrected chi connectivity index (χ4v) is 3.16. The van der Waals surface area contributed by atoms with Gasteiger partial charge in [-0.15, -0.1) is 16.4 Å². The molecule has 0 aliphatic heterocycles.